The van der Waals surface area contributed by atoms with Crippen LogP contribution < -0.4 is 4.90 Å². The maximum atomic E-state index is 13.6. The first kappa shape index (κ1) is 17.4. The smallest absolute Gasteiger partial charge is 0.227 e. The van der Waals surface area contributed by atoms with Crippen LogP contribution in [-0.2, 0) is 9.59 Å². The van der Waals surface area contributed by atoms with Crippen molar-refractivity contribution in [3.05, 3.63) is 60.2 Å². The van der Waals surface area contributed by atoms with E-state index in [4.69, 9.17) is 4.98 Å². The van der Waals surface area contributed by atoms with Gasteiger partial charge >= 0.3 is 0 Å². The number of ketones is 1. The van der Waals surface area contributed by atoms with Gasteiger partial charge in [0.25, 0.3) is 0 Å². The Morgan fingerprint density at radius 1 is 1.22 bits per heavy atom. The largest absolute Gasteiger partial charge is 0.317 e. The predicted molar refractivity (Wildman–Crippen MR) is 101 cm³/mol. The van der Waals surface area contributed by atoms with E-state index in [0.717, 1.165) is 16.9 Å². The normalized spacial score (nSPS) is 18.3. The summed E-state index contributed by atoms with van der Waals surface area (Å²) in [5.74, 6) is 0.160. The van der Waals surface area contributed by atoms with E-state index < -0.39 is 0 Å². The second-order valence-corrected chi connectivity index (χ2v) is 7.00. The van der Waals surface area contributed by atoms with Gasteiger partial charge in [0.05, 0.1) is 17.1 Å². The summed E-state index contributed by atoms with van der Waals surface area (Å²) in [4.78, 5) is 31.0. The summed E-state index contributed by atoms with van der Waals surface area (Å²) in [6, 6.07) is 13.3. The van der Waals surface area contributed by atoms with Crippen molar-refractivity contribution < 1.29 is 14.0 Å². The SMILES string of the molecule is CC(=O)C(C)n1c(C2CC(=O)N(c3cccc(F)c3)C2)nc2ccccc21. The zero-order valence-electron chi connectivity index (χ0n) is 15.2. The molecule has 2 heterocycles. The molecule has 1 aromatic heterocycles. The lowest BCUT2D eigenvalue weighted by atomic mass is 10.1. The molecule has 4 rings (SSSR count). The maximum Gasteiger partial charge on any atom is 0.227 e. The van der Waals surface area contributed by atoms with E-state index in [0.29, 0.717) is 12.2 Å². The van der Waals surface area contributed by atoms with Gasteiger partial charge < -0.3 is 9.47 Å². The topological polar surface area (TPSA) is 55.2 Å². The zero-order valence-corrected chi connectivity index (χ0v) is 15.2. The van der Waals surface area contributed by atoms with Crippen LogP contribution in [0, 0.1) is 5.82 Å². The third-order valence-corrected chi connectivity index (χ3v) is 5.21. The van der Waals surface area contributed by atoms with Gasteiger partial charge in [-0.1, -0.05) is 18.2 Å². The Morgan fingerprint density at radius 3 is 2.74 bits per heavy atom. The van der Waals surface area contributed by atoms with E-state index in [1.807, 2.05) is 35.8 Å². The highest BCUT2D eigenvalue weighted by Crippen LogP contribution is 2.35. The van der Waals surface area contributed by atoms with Crippen molar-refractivity contribution in [1.82, 2.24) is 9.55 Å². The molecule has 2 aromatic carbocycles. The third kappa shape index (κ3) is 3.01. The summed E-state index contributed by atoms with van der Waals surface area (Å²) in [5.41, 5.74) is 2.23. The Balaban J connectivity index is 1.76. The highest BCUT2D eigenvalue weighted by molar-refractivity contribution is 5.96. The number of hydrogen-bond donors (Lipinski definition) is 0. The van der Waals surface area contributed by atoms with Crippen LogP contribution in [0.1, 0.15) is 38.1 Å². The summed E-state index contributed by atoms with van der Waals surface area (Å²) in [5, 5.41) is 0. The minimum Gasteiger partial charge on any atom is -0.317 e. The first-order valence-electron chi connectivity index (χ1n) is 8.99. The molecule has 1 aliphatic heterocycles. The number of benzene rings is 2. The summed E-state index contributed by atoms with van der Waals surface area (Å²) >= 11 is 0. The van der Waals surface area contributed by atoms with Gasteiger partial charge in [-0.2, -0.15) is 0 Å². The van der Waals surface area contributed by atoms with Crippen molar-refractivity contribution >= 4 is 28.4 Å². The number of carbonyl (C=O) groups is 2. The molecule has 0 spiro atoms. The van der Waals surface area contributed by atoms with Crippen LogP contribution in [0.15, 0.2) is 48.5 Å². The molecule has 27 heavy (non-hydrogen) atoms. The van der Waals surface area contributed by atoms with Gasteiger partial charge in [0.2, 0.25) is 5.91 Å². The molecule has 0 radical (unpaired) electrons. The summed E-state index contributed by atoms with van der Waals surface area (Å²) in [7, 11) is 0. The number of fused-ring (bicyclic) bond motifs is 1. The molecule has 6 heteroatoms. The molecule has 1 saturated heterocycles. The van der Waals surface area contributed by atoms with Crippen LogP contribution in [0.5, 0.6) is 0 Å². The minimum atomic E-state index is -0.374. The summed E-state index contributed by atoms with van der Waals surface area (Å²) in [6.07, 6.45) is 0.282. The summed E-state index contributed by atoms with van der Waals surface area (Å²) < 4.78 is 15.5. The van der Waals surface area contributed by atoms with E-state index in [2.05, 4.69) is 0 Å². The summed E-state index contributed by atoms with van der Waals surface area (Å²) in [6.45, 7) is 3.82. The number of imidazole rings is 1. The molecule has 0 bridgehead atoms. The number of rotatable bonds is 4. The molecule has 1 fully saturated rings. The molecule has 0 N–H and O–H groups in total. The molecule has 2 unspecified atom stereocenters. The fourth-order valence-electron chi connectivity index (χ4n) is 3.71. The number of amides is 1. The molecular formula is C21H20FN3O2. The number of Topliss-reactive ketones (excluding diaryl/α,β-unsaturated/α-hetero) is 1. The number of hydrogen-bond acceptors (Lipinski definition) is 3. The fraction of sp³-hybridized carbons (Fsp3) is 0.286. The molecule has 1 aliphatic rings. The van der Waals surface area contributed by atoms with E-state index in [9.17, 15) is 14.0 Å². The van der Waals surface area contributed by atoms with Crippen molar-refractivity contribution in [2.24, 2.45) is 0 Å². The van der Waals surface area contributed by atoms with Crippen molar-refractivity contribution in [1.29, 1.82) is 0 Å². The fourth-order valence-corrected chi connectivity index (χ4v) is 3.71. The van der Waals surface area contributed by atoms with Crippen LogP contribution in [0.4, 0.5) is 10.1 Å². The van der Waals surface area contributed by atoms with Gasteiger partial charge in [-0.05, 0) is 44.2 Å². The molecule has 5 nitrogen and oxygen atoms in total. The monoisotopic (exact) mass is 365 g/mol. The Hall–Kier alpha value is -3.02. The van der Waals surface area contributed by atoms with Gasteiger partial charge in [-0.3, -0.25) is 9.59 Å². The number of nitrogens with zero attached hydrogens (tertiary/aromatic N) is 3. The van der Waals surface area contributed by atoms with Gasteiger partial charge in [-0.15, -0.1) is 0 Å². The number of halogens is 1. The van der Waals surface area contributed by atoms with Gasteiger partial charge in [0, 0.05) is 24.6 Å². The quantitative estimate of drug-likeness (QED) is 0.706. The maximum absolute atomic E-state index is 13.6. The highest BCUT2D eigenvalue weighted by Gasteiger charge is 2.36. The van der Waals surface area contributed by atoms with Crippen LogP contribution in [0.2, 0.25) is 0 Å². The lowest BCUT2D eigenvalue weighted by molar-refractivity contribution is -0.119. The first-order chi connectivity index (χ1) is 13.0. The molecular weight excluding hydrogens is 345 g/mol. The average molecular weight is 365 g/mol. The van der Waals surface area contributed by atoms with Crippen molar-refractivity contribution in [3.63, 3.8) is 0 Å². The van der Waals surface area contributed by atoms with E-state index in [-0.39, 0.29) is 35.9 Å². The van der Waals surface area contributed by atoms with Gasteiger partial charge in [-0.25, -0.2) is 9.37 Å². The molecule has 0 aliphatic carbocycles. The molecule has 0 saturated carbocycles. The predicted octanol–water partition coefficient (Wildman–Crippen LogP) is 3.85. The Labute approximate surface area is 156 Å². The van der Waals surface area contributed by atoms with Crippen LogP contribution >= 0.6 is 0 Å². The van der Waals surface area contributed by atoms with Crippen molar-refractivity contribution in [2.75, 3.05) is 11.4 Å². The second kappa shape index (κ2) is 6.61. The van der Waals surface area contributed by atoms with E-state index in [1.165, 1.54) is 12.1 Å². The van der Waals surface area contributed by atoms with Crippen LogP contribution in [0.25, 0.3) is 11.0 Å². The van der Waals surface area contributed by atoms with Crippen molar-refractivity contribution in [2.45, 2.75) is 32.2 Å². The Morgan fingerprint density at radius 2 is 2.00 bits per heavy atom. The number of carbonyl (C=O) groups excluding carboxylic acids is 2. The second-order valence-electron chi connectivity index (χ2n) is 7.00. The highest BCUT2D eigenvalue weighted by atomic mass is 19.1. The Kier molecular flexibility index (Phi) is 4.26. The average Bonchev–Trinajstić information content (AvgIpc) is 3.21. The first-order valence-corrected chi connectivity index (χ1v) is 8.99. The zero-order chi connectivity index (χ0) is 19.1. The number of anilines is 1. The number of aromatic nitrogens is 2. The minimum absolute atomic E-state index is 0.0331. The van der Waals surface area contributed by atoms with Gasteiger partial charge in [0.1, 0.15) is 11.6 Å². The third-order valence-electron chi connectivity index (χ3n) is 5.21. The molecule has 1 amide bonds. The number of para-hydroxylation sites is 2. The van der Waals surface area contributed by atoms with Crippen LogP contribution in [-0.4, -0.2) is 27.8 Å². The van der Waals surface area contributed by atoms with E-state index in [1.54, 1.807) is 24.0 Å². The lowest BCUT2D eigenvalue weighted by Crippen LogP contribution is -2.25. The molecule has 3 aromatic rings. The van der Waals surface area contributed by atoms with Crippen molar-refractivity contribution in [3.8, 4) is 0 Å². The van der Waals surface area contributed by atoms with E-state index >= 15 is 0 Å². The molecule has 138 valence electrons. The standard InChI is InChI=1S/C21H20FN3O2/c1-13(14(2)26)25-19-9-4-3-8-18(19)23-21(25)15-10-20(27)24(12-15)17-7-5-6-16(22)11-17/h3-9,11,13,15H,10,12H2,1-2H3. The molecule has 2 atom stereocenters. The van der Waals surface area contributed by atoms with Gasteiger partial charge in [0.15, 0.2) is 5.78 Å². The Bertz CT molecular complexity index is 1040. The van der Waals surface area contributed by atoms with Crippen LogP contribution in [0.3, 0.4) is 0 Å². The lowest BCUT2D eigenvalue weighted by Gasteiger charge is -2.19.